The van der Waals surface area contributed by atoms with Gasteiger partial charge in [-0.2, -0.15) is 0 Å². The molecule has 1 aliphatic rings. The summed E-state index contributed by atoms with van der Waals surface area (Å²) in [5, 5.41) is 9.06. The summed E-state index contributed by atoms with van der Waals surface area (Å²) in [6, 6.07) is 15.3. The van der Waals surface area contributed by atoms with Crippen molar-refractivity contribution in [3.63, 3.8) is 0 Å². The molecule has 184 valence electrons. The van der Waals surface area contributed by atoms with Gasteiger partial charge in [0.2, 0.25) is 0 Å². The Balaban J connectivity index is 1.65. The Kier molecular flexibility index (Phi) is 7.67. The molecule has 0 radical (unpaired) electrons. The van der Waals surface area contributed by atoms with Crippen molar-refractivity contribution >= 4 is 16.7 Å². The number of benzene rings is 3. The van der Waals surface area contributed by atoms with E-state index in [1.807, 2.05) is 18.2 Å². The van der Waals surface area contributed by atoms with Crippen molar-refractivity contribution in [2.24, 2.45) is 0 Å². The molecule has 1 aliphatic heterocycles. The molecule has 3 aromatic rings. The van der Waals surface area contributed by atoms with Crippen molar-refractivity contribution in [1.82, 2.24) is 4.90 Å². The fraction of sp³-hybridized carbons (Fsp3) is 0.321. The molecular formula is C28H30FNO4S. The zero-order valence-corrected chi connectivity index (χ0v) is 21.1. The predicted molar refractivity (Wildman–Crippen MR) is 136 cm³/mol. The van der Waals surface area contributed by atoms with E-state index in [1.165, 1.54) is 17.2 Å². The van der Waals surface area contributed by atoms with Crippen molar-refractivity contribution in [2.45, 2.75) is 38.6 Å². The number of hydrogen-bond donors (Lipinski definition) is 1. The summed E-state index contributed by atoms with van der Waals surface area (Å²) in [5.41, 5.74) is 5.99. The van der Waals surface area contributed by atoms with Gasteiger partial charge in [0.25, 0.3) is 5.91 Å². The van der Waals surface area contributed by atoms with Crippen LogP contribution in [-0.4, -0.2) is 45.6 Å². The monoisotopic (exact) mass is 495 g/mol. The molecule has 3 aromatic carbocycles. The summed E-state index contributed by atoms with van der Waals surface area (Å²) in [7, 11) is -1.66. The maximum Gasteiger partial charge on any atom is 0.254 e. The molecule has 1 unspecified atom stereocenters. The molecule has 7 heteroatoms. The number of hydrogen-bond acceptors (Lipinski definition) is 4. The zero-order chi connectivity index (χ0) is 25.1. The van der Waals surface area contributed by atoms with Crippen molar-refractivity contribution in [3.05, 3.63) is 82.2 Å². The van der Waals surface area contributed by atoms with Gasteiger partial charge in [-0.15, -0.1) is 0 Å². The maximum absolute atomic E-state index is 15.2. The number of rotatable bonds is 6. The average Bonchev–Trinajstić information content (AvgIpc) is 3.07. The van der Waals surface area contributed by atoms with Gasteiger partial charge in [-0.25, -0.2) is 4.39 Å². The molecule has 5 nitrogen and oxygen atoms in total. The van der Waals surface area contributed by atoms with E-state index in [0.29, 0.717) is 19.7 Å². The van der Waals surface area contributed by atoms with Crippen LogP contribution in [-0.2, 0) is 23.8 Å². The van der Waals surface area contributed by atoms with Crippen LogP contribution in [0.4, 0.5) is 4.39 Å². The van der Waals surface area contributed by atoms with Gasteiger partial charge in [-0.05, 0) is 66.8 Å². The molecule has 35 heavy (non-hydrogen) atoms. The third kappa shape index (κ3) is 5.16. The highest BCUT2D eigenvalue weighted by Gasteiger charge is 2.26. The van der Waals surface area contributed by atoms with Gasteiger partial charge in [0.05, 0.1) is 34.6 Å². The summed E-state index contributed by atoms with van der Waals surface area (Å²) < 4.78 is 33.4. The van der Waals surface area contributed by atoms with Crippen LogP contribution in [0.15, 0.2) is 53.4 Å². The first-order valence-electron chi connectivity index (χ1n) is 11.8. The highest BCUT2D eigenvalue weighted by Crippen LogP contribution is 2.31. The third-order valence-electron chi connectivity index (χ3n) is 6.48. The molecule has 0 saturated heterocycles. The molecule has 0 aliphatic carbocycles. The smallest absolute Gasteiger partial charge is 0.254 e. The normalized spacial score (nSPS) is 14.1. The van der Waals surface area contributed by atoms with E-state index in [-0.39, 0.29) is 40.7 Å². The standard InChI is InChI=1S/C28H30FNO4S/c1-4-23-24(8-10-26(27(23)29)35(33)14-12-31)28(32)30-11-13-34-25-9-7-21(16-22(25)17-30)20-6-5-18(2)19(3)15-20/h5-10,15-16,31H,4,11-14,17H2,1-3H3. The number of nitrogens with zero attached hydrogens (tertiary/aromatic N) is 1. The van der Waals surface area contributed by atoms with E-state index < -0.39 is 16.6 Å². The third-order valence-corrected chi connectivity index (χ3v) is 7.84. The SMILES string of the molecule is CCc1c(C(=O)N2CCOc3ccc(-c4ccc(C)c(C)c4)cc3C2)ccc(S(=O)CCO)c1F. The number of ether oxygens (including phenoxy) is 1. The minimum absolute atomic E-state index is 0.0232. The van der Waals surface area contributed by atoms with Crippen LogP contribution >= 0.6 is 0 Å². The molecule has 0 fully saturated rings. The van der Waals surface area contributed by atoms with Crippen molar-refractivity contribution in [2.75, 3.05) is 25.5 Å². The van der Waals surface area contributed by atoms with Crippen LogP contribution in [0.25, 0.3) is 11.1 Å². The number of aliphatic hydroxyl groups is 1. The Bertz CT molecular complexity index is 1290. The predicted octanol–water partition coefficient (Wildman–Crippen LogP) is 4.81. The fourth-order valence-corrected chi connectivity index (χ4v) is 5.28. The van der Waals surface area contributed by atoms with Crippen molar-refractivity contribution < 1.29 is 23.2 Å². The fourth-order valence-electron chi connectivity index (χ4n) is 4.35. The van der Waals surface area contributed by atoms with E-state index in [0.717, 1.165) is 22.4 Å². The van der Waals surface area contributed by atoms with Crippen molar-refractivity contribution in [3.8, 4) is 16.9 Å². The molecule has 0 bridgehead atoms. The minimum atomic E-state index is -1.66. The Labute approximate surface area is 208 Å². The van der Waals surface area contributed by atoms with E-state index in [2.05, 4.69) is 32.0 Å². The van der Waals surface area contributed by atoms with E-state index in [9.17, 15) is 9.00 Å². The Morgan fingerprint density at radius 2 is 1.83 bits per heavy atom. The molecule has 0 saturated carbocycles. The van der Waals surface area contributed by atoms with Crippen LogP contribution in [0.5, 0.6) is 5.75 Å². The van der Waals surface area contributed by atoms with Crippen molar-refractivity contribution in [1.29, 1.82) is 0 Å². The van der Waals surface area contributed by atoms with Gasteiger partial charge < -0.3 is 14.7 Å². The number of aryl methyl sites for hydroxylation is 2. The first-order chi connectivity index (χ1) is 16.8. The highest BCUT2D eigenvalue weighted by molar-refractivity contribution is 7.85. The van der Waals surface area contributed by atoms with Crippen LogP contribution in [0.3, 0.4) is 0 Å². The molecule has 1 heterocycles. The molecule has 4 rings (SSSR count). The number of amides is 1. The maximum atomic E-state index is 15.2. The van der Waals surface area contributed by atoms with Gasteiger partial charge in [0, 0.05) is 23.2 Å². The van der Waals surface area contributed by atoms with Gasteiger partial charge >= 0.3 is 0 Å². The first-order valence-corrected chi connectivity index (χ1v) is 13.1. The number of fused-ring (bicyclic) bond motifs is 1. The summed E-state index contributed by atoms with van der Waals surface area (Å²) >= 11 is 0. The van der Waals surface area contributed by atoms with Crippen LogP contribution in [0.2, 0.25) is 0 Å². The topological polar surface area (TPSA) is 66.8 Å². The summed E-state index contributed by atoms with van der Waals surface area (Å²) in [4.78, 5) is 15.2. The summed E-state index contributed by atoms with van der Waals surface area (Å²) in [5.74, 6) is -0.220. The largest absolute Gasteiger partial charge is 0.491 e. The van der Waals surface area contributed by atoms with Gasteiger partial charge in [0.15, 0.2) is 0 Å². The molecule has 1 N–H and O–H groups in total. The summed E-state index contributed by atoms with van der Waals surface area (Å²) in [6.45, 7) is 6.68. The second-order valence-electron chi connectivity index (χ2n) is 8.73. The van der Waals surface area contributed by atoms with Gasteiger partial charge in [-0.3, -0.25) is 9.00 Å². The number of carbonyl (C=O) groups is 1. The minimum Gasteiger partial charge on any atom is -0.491 e. The second-order valence-corrected chi connectivity index (χ2v) is 10.3. The molecule has 1 atom stereocenters. The lowest BCUT2D eigenvalue weighted by molar-refractivity contribution is 0.0731. The van der Waals surface area contributed by atoms with E-state index in [4.69, 9.17) is 9.84 Å². The Hall–Kier alpha value is -3.03. The summed E-state index contributed by atoms with van der Waals surface area (Å²) in [6.07, 6.45) is 0.287. The number of aliphatic hydroxyl groups excluding tert-OH is 1. The highest BCUT2D eigenvalue weighted by atomic mass is 32.2. The average molecular weight is 496 g/mol. The second kappa shape index (κ2) is 10.7. The number of carbonyl (C=O) groups excluding carboxylic acids is 1. The Morgan fingerprint density at radius 3 is 2.54 bits per heavy atom. The van der Waals surface area contributed by atoms with Gasteiger partial charge in [0.1, 0.15) is 18.2 Å². The van der Waals surface area contributed by atoms with Crippen LogP contribution < -0.4 is 4.74 Å². The lowest BCUT2D eigenvalue weighted by atomic mass is 9.98. The lowest BCUT2D eigenvalue weighted by Crippen LogP contribution is -2.33. The first kappa shape index (κ1) is 25.1. The quantitative estimate of drug-likeness (QED) is 0.533. The zero-order valence-electron chi connectivity index (χ0n) is 20.3. The van der Waals surface area contributed by atoms with E-state index in [1.54, 1.807) is 17.9 Å². The van der Waals surface area contributed by atoms with E-state index >= 15 is 4.39 Å². The molecule has 1 amide bonds. The Morgan fingerprint density at radius 1 is 1.09 bits per heavy atom. The van der Waals surface area contributed by atoms with Crippen LogP contribution in [0.1, 0.15) is 39.5 Å². The van der Waals surface area contributed by atoms with Gasteiger partial charge in [-0.1, -0.05) is 31.2 Å². The molecule has 0 spiro atoms. The molecule has 0 aromatic heterocycles. The molecular weight excluding hydrogens is 465 g/mol. The number of halogens is 1. The lowest BCUT2D eigenvalue weighted by Gasteiger charge is -2.22. The van der Waals surface area contributed by atoms with Crippen LogP contribution in [0, 0.1) is 19.7 Å².